The van der Waals surface area contributed by atoms with Crippen LogP contribution in [0.2, 0.25) is 0 Å². The summed E-state index contributed by atoms with van der Waals surface area (Å²) in [6, 6.07) is 3.03. The monoisotopic (exact) mass is 506 g/mol. The number of nitrogens with zero attached hydrogens (tertiary/aromatic N) is 3. The first kappa shape index (κ1) is 25.4. The van der Waals surface area contributed by atoms with Gasteiger partial charge >= 0.3 is 6.18 Å². The SMILES string of the molecule is CC#CCOc1cnc(C(=O)Cc2ccc(F)c([C@@]3(C)N=C(N)O[C@]4(C(F)(F)F)COC[C@H]34)c2)cn1. The van der Waals surface area contributed by atoms with Gasteiger partial charge in [0, 0.05) is 12.0 Å². The Morgan fingerprint density at radius 3 is 2.75 bits per heavy atom. The molecule has 1 fully saturated rings. The van der Waals surface area contributed by atoms with E-state index in [1.165, 1.54) is 31.5 Å². The van der Waals surface area contributed by atoms with Gasteiger partial charge in [0.25, 0.3) is 6.02 Å². The van der Waals surface area contributed by atoms with E-state index in [0.29, 0.717) is 5.56 Å². The largest absolute Gasteiger partial charge is 0.463 e. The fourth-order valence-electron chi connectivity index (χ4n) is 4.45. The van der Waals surface area contributed by atoms with E-state index in [4.69, 9.17) is 19.9 Å². The normalized spacial score (nSPS) is 25.2. The standard InChI is InChI=1S/C24H22F4N4O4/c1-3-4-7-35-20-11-30-17(10-31-20)18(33)9-14-5-6-16(25)15(8-14)22(2)19-12-34-13-23(19,24(26,27)28)36-21(29)32-22/h5-6,8,10-11,19H,7,9,12-13H2,1-2H3,(H2,29,32)/t19-,22-,23-/m1/s1. The van der Waals surface area contributed by atoms with Gasteiger partial charge in [-0.1, -0.05) is 12.0 Å². The predicted octanol–water partition coefficient (Wildman–Crippen LogP) is 2.95. The average molecular weight is 506 g/mol. The number of alkyl halides is 3. The summed E-state index contributed by atoms with van der Waals surface area (Å²) in [5, 5.41) is 0. The molecular weight excluding hydrogens is 484 g/mol. The first-order chi connectivity index (χ1) is 17.0. The van der Waals surface area contributed by atoms with Crippen molar-refractivity contribution in [1.29, 1.82) is 0 Å². The van der Waals surface area contributed by atoms with Crippen LogP contribution in [0.3, 0.4) is 0 Å². The van der Waals surface area contributed by atoms with Crippen LogP contribution in [-0.4, -0.2) is 53.4 Å². The van der Waals surface area contributed by atoms with Gasteiger partial charge in [0.1, 0.15) is 17.1 Å². The lowest BCUT2D eigenvalue weighted by molar-refractivity contribution is -0.274. The molecule has 36 heavy (non-hydrogen) atoms. The van der Waals surface area contributed by atoms with Crippen LogP contribution in [-0.2, 0) is 21.4 Å². The van der Waals surface area contributed by atoms with E-state index in [-0.39, 0.29) is 36.8 Å². The predicted molar refractivity (Wildman–Crippen MR) is 119 cm³/mol. The van der Waals surface area contributed by atoms with Crippen molar-refractivity contribution in [2.24, 2.45) is 16.6 Å². The van der Waals surface area contributed by atoms with Crippen LogP contribution >= 0.6 is 0 Å². The summed E-state index contributed by atoms with van der Waals surface area (Å²) in [6.07, 6.45) is -2.55. The van der Waals surface area contributed by atoms with Crippen LogP contribution in [0.5, 0.6) is 5.88 Å². The van der Waals surface area contributed by atoms with Crippen molar-refractivity contribution >= 4 is 11.8 Å². The van der Waals surface area contributed by atoms with Crippen molar-refractivity contribution in [2.45, 2.75) is 37.6 Å². The maximum Gasteiger partial charge on any atom is 0.431 e. The topological polar surface area (TPSA) is 109 Å². The molecule has 0 amide bonds. The van der Waals surface area contributed by atoms with Crippen molar-refractivity contribution < 1.29 is 36.6 Å². The number of carbonyl (C=O) groups is 1. The third-order valence-corrected chi connectivity index (χ3v) is 6.27. The minimum atomic E-state index is -4.85. The Bertz CT molecular complexity index is 1260. The van der Waals surface area contributed by atoms with Gasteiger partial charge in [0.05, 0.1) is 31.5 Å². The summed E-state index contributed by atoms with van der Waals surface area (Å²) in [5.41, 5.74) is 1.33. The van der Waals surface area contributed by atoms with Crippen LogP contribution in [0.1, 0.15) is 35.5 Å². The fourth-order valence-corrected chi connectivity index (χ4v) is 4.45. The molecule has 2 N–H and O–H groups in total. The Morgan fingerprint density at radius 1 is 1.31 bits per heavy atom. The third kappa shape index (κ3) is 4.46. The molecule has 1 aromatic heterocycles. The van der Waals surface area contributed by atoms with Crippen LogP contribution in [0, 0.1) is 23.6 Å². The Morgan fingerprint density at radius 2 is 2.08 bits per heavy atom. The van der Waals surface area contributed by atoms with Gasteiger partial charge in [-0.05, 0) is 31.5 Å². The van der Waals surface area contributed by atoms with Crippen molar-refractivity contribution in [3.05, 3.63) is 53.2 Å². The van der Waals surface area contributed by atoms with Gasteiger partial charge in [0.15, 0.2) is 12.4 Å². The minimum absolute atomic E-state index is 0.0367. The van der Waals surface area contributed by atoms with Crippen molar-refractivity contribution in [3.8, 4) is 17.7 Å². The maximum absolute atomic E-state index is 15.0. The number of ketones is 1. The zero-order valence-corrected chi connectivity index (χ0v) is 19.4. The number of hydrogen-bond donors (Lipinski definition) is 1. The number of amidine groups is 1. The zero-order chi connectivity index (χ0) is 26.1. The molecule has 2 aromatic rings. The molecule has 0 unspecified atom stereocenters. The number of aromatic nitrogens is 2. The van der Waals surface area contributed by atoms with Crippen molar-refractivity contribution in [1.82, 2.24) is 9.97 Å². The lowest BCUT2D eigenvalue weighted by Crippen LogP contribution is -2.63. The molecule has 1 aromatic carbocycles. The van der Waals surface area contributed by atoms with Crippen LogP contribution < -0.4 is 10.5 Å². The molecule has 0 radical (unpaired) electrons. The first-order valence-electron chi connectivity index (χ1n) is 10.9. The third-order valence-electron chi connectivity index (χ3n) is 6.27. The number of rotatable bonds is 6. The van der Waals surface area contributed by atoms with Crippen molar-refractivity contribution in [3.63, 3.8) is 0 Å². The Hall–Kier alpha value is -3.72. The van der Waals surface area contributed by atoms with Gasteiger partial charge in [-0.3, -0.25) is 4.79 Å². The number of hydrogen-bond acceptors (Lipinski definition) is 8. The summed E-state index contributed by atoms with van der Waals surface area (Å²) >= 11 is 0. The van der Waals surface area contributed by atoms with Gasteiger partial charge in [-0.15, -0.1) is 5.92 Å². The van der Waals surface area contributed by atoms with Crippen LogP contribution in [0.4, 0.5) is 17.6 Å². The lowest BCUT2D eigenvalue weighted by Gasteiger charge is -2.46. The second-order valence-corrected chi connectivity index (χ2v) is 8.52. The molecule has 2 aliphatic rings. The van der Waals surface area contributed by atoms with Gasteiger partial charge in [-0.2, -0.15) is 13.2 Å². The number of benzene rings is 1. The van der Waals surface area contributed by atoms with E-state index >= 15 is 4.39 Å². The fraction of sp³-hybridized carbons (Fsp3) is 0.417. The van der Waals surface area contributed by atoms with E-state index in [2.05, 4.69) is 26.8 Å². The molecule has 4 rings (SSSR count). The molecule has 3 heterocycles. The molecule has 3 atom stereocenters. The van der Waals surface area contributed by atoms with E-state index in [9.17, 15) is 18.0 Å². The molecule has 0 spiro atoms. The van der Waals surface area contributed by atoms with E-state index in [1.54, 1.807) is 6.92 Å². The Balaban J connectivity index is 1.62. The smallest absolute Gasteiger partial charge is 0.431 e. The van der Waals surface area contributed by atoms with Crippen LogP contribution in [0.15, 0.2) is 35.6 Å². The van der Waals surface area contributed by atoms with E-state index < -0.39 is 47.5 Å². The molecule has 1 saturated heterocycles. The summed E-state index contributed by atoms with van der Waals surface area (Å²) in [5.74, 6) is 2.91. The number of aliphatic imine (C=N–C) groups is 1. The molecular formula is C24H22F4N4O4. The summed E-state index contributed by atoms with van der Waals surface area (Å²) < 4.78 is 72.7. The molecule has 2 aliphatic heterocycles. The maximum atomic E-state index is 15.0. The summed E-state index contributed by atoms with van der Waals surface area (Å²) in [7, 11) is 0. The highest BCUT2D eigenvalue weighted by atomic mass is 19.4. The molecule has 190 valence electrons. The Labute approximate surface area is 203 Å². The highest BCUT2D eigenvalue weighted by molar-refractivity contribution is 5.95. The number of carbonyl (C=O) groups excluding carboxylic acids is 1. The second-order valence-electron chi connectivity index (χ2n) is 8.52. The number of ether oxygens (including phenoxy) is 3. The van der Waals surface area contributed by atoms with E-state index in [1.807, 2.05) is 0 Å². The zero-order valence-electron chi connectivity index (χ0n) is 19.4. The number of Topliss-reactive ketones (excluding diaryl/α,β-unsaturated/α-hetero) is 1. The summed E-state index contributed by atoms with van der Waals surface area (Å²) in [6.45, 7) is 1.96. The Kier molecular flexibility index (Phi) is 6.62. The first-order valence-corrected chi connectivity index (χ1v) is 10.9. The van der Waals surface area contributed by atoms with Gasteiger partial charge in [-0.25, -0.2) is 19.4 Å². The highest BCUT2D eigenvalue weighted by Gasteiger charge is 2.71. The lowest BCUT2D eigenvalue weighted by atomic mass is 9.70. The molecule has 8 nitrogen and oxygen atoms in total. The number of halogens is 4. The van der Waals surface area contributed by atoms with Crippen LogP contribution in [0.25, 0.3) is 0 Å². The van der Waals surface area contributed by atoms with Gasteiger partial charge in [0.2, 0.25) is 11.5 Å². The quantitative estimate of drug-likeness (QED) is 0.365. The molecule has 0 bridgehead atoms. The van der Waals surface area contributed by atoms with Crippen molar-refractivity contribution in [2.75, 3.05) is 19.8 Å². The minimum Gasteiger partial charge on any atom is -0.463 e. The van der Waals surface area contributed by atoms with Gasteiger partial charge < -0.3 is 19.9 Å². The highest BCUT2D eigenvalue weighted by Crippen LogP contribution is 2.54. The number of fused-ring (bicyclic) bond motifs is 1. The average Bonchev–Trinajstić information content (AvgIpc) is 3.27. The second kappa shape index (κ2) is 9.39. The molecule has 0 aliphatic carbocycles. The summed E-state index contributed by atoms with van der Waals surface area (Å²) in [4.78, 5) is 24.9. The molecule has 0 saturated carbocycles. The van der Waals surface area contributed by atoms with E-state index in [0.717, 1.165) is 6.07 Å². The number of nitrogens with two attached hydrogens (primary N) is 1. The molecule has 12 heteroatoms.